The van der Waals surface area contributed by atoms with Crippen LogP contribution in [0.2, 0.25) is 0 Å². The number of carbonyl (C=O) groups is 1. The standard InChI is InChI=1S/C9H20N2O2S/c1-11(2)9(12)5-3-7-14(13)8-4-6-10/h3-8,10H2,1-2H3. The van der Waals surface area contributed by atoms with Gasteiger partial charge in [-0.05, 0) is 19.4 Å². The minimum atomic E-state index is -0.800. The lowest BCUT2D eigenvalue weighted by molar-refractivity contribution is -0.128. The molecule has 5 heteroatoms. The van der Waals surface area contributed by atoms with Crippen LogP contribution in [0, 0.1) is 0 Å². The molecule has 0 aromatic carbocycles. The third-order valence-corrected chi connectivity index (χ3v) is 3.33. The molecule has 1 unspecified atom stereocenters. The van der Waals surface area contributed by atoms with E-state index in [1.165, 1.54) is 0 Å². The minimum Gasteiger partial charge on any atom is -0.349 e. The predicted octanol–water partition coefficient (Wildman–Crippen LogP) is -0.0477. The molecular weight excluding hydrogens is 200 g/mol. The molecule has 1 amide bonds. The number of nitrogens with two attached hydrogens (primary N) is 1. The van der Waals surface area contributed by atoms with Gasteiger partial charge in [0.05, 0.1) is 0 Å². The molecule has 84 valence electrons. The summed E-state index contributed by atoms with van der Waals surface area (Å²) < 4.78 is 11.3. The average molecular weight is 220 g/mol. The van der Waals surface area contributed by atoms with Gasteiger partial charge < -0.3 is 10.6 Å². The smallest absolute Gasteiger partial charge is 0.222 e. The van der Waals surface area contributed by atoms with Gasteiger partial charge in [-0.3, -0.25) is 9.00 Å². The summed E-state index contributed by atoms with van der Waals surface area (Å²) in [6, 6.07) is 0. The van der Waals surface area contributed by atoms with Gasteiger partial charge in [-0.25, -0.2) is 0 Å². The van der Waals surface area contributed by atoms with Gasteiger partial charge in [-0.1, -0.05) is 0 Å². The maximum Gasteiger partial charge on any atom is 0.222 e. The van der Waals surface area contributed by atoms with Crippen LogP contribution in [0.4, 0.5) is 0 Å². The van der Waals surface area contributed by atoms with Crippen molar-refractivity contribution < 1.29 is 9.00 Å². The Bertz CT molecular complexity index is 195. The molecular formula is C9H20N2O2S. The summed E-state index contributed by atoms with van der Waals surface area (Å²) in [5, 5.41) is 0. The fraction of sp³-hybridized carbons (Fsp3) is 0.889. The predicted molar refractivity (Wildman–Crippen MR) is 59.5 cm³/mol. The van der Waals surface area contributed by atoms with E-state index >= 15 is 0 Å². The first-order valence-electron chi connectivity index (χ1n) is 4.83. The van der Waals surface area contributed by atoms with Crippen molar-refractivity contribution in [3.8, 4) is 0 Å². The van der Waals surface area contributed by atoms with Crippen LogP contribution in [0.3, 0.4) is 0 Å². The number of nitrogens with zero attached hydrogens (tertiary/aromatic N) is 1. The molecule has 0 bridgehead atoms. The lowest BCUT2D eigenvalue weighted by atomic mass is 10.3. The van der Waals surface area contributed by atoms with E-state index in [0.29, 0.717) is 30.9 Å². The lowest BCUT2D eigenvalue weighted by Crippen LogP contribution is -2.21. The molecule has 0 radical (unpaired) electrons. The Hall–Kier alpha value is -0.420. The molecule has 0 spiro atoms. The van der Waals surface area contributed by atoms with Crippen LogP contribution in [0.15, 0.2) is 0 Å². The van der Waals surface area contributed by atoms with Crippen molar-refractivity contribution in [2.45, 2.75) is 19.3 Å². The van der Waals surface area contributed by atoms with Crippen molar-refractivity contribution >= 4 is 16.7 Å². The van der Waals surface area contributed by atoms with E-state index in [1.807, 2.05) is 0 Å². The van der Waals surface area contributed by atoms with Crippen LogP contribution in [0.25, 0.3) is 0 Å². The van der Waals surface area contributed by atoms with Crippen LogP contribution in [0.5, 0.6) is 0 Å². The van der Waals surface area contributed by atoms with Crippen molar-refractivity contribution in [1.82, 2.24) is 4.90 Å². The molecule has 0 aliphatic carbocycles. The largest absolute Gasteiger partial charge is 0.349 e. The topological polar surface area (TPSA) is 63.4 Å². The highest BCUT2D eigenvalue weighted by molar-refractivity contribution is 7.84. The zero-order chi connectivity index (χ0) is 11.0. The number of hydrogen-bond donors (Lipinski definition) is 1. The monoisotopic (exact) mass is 220 g/mol. The summed E-state index contributed by atoms with van der Waals surface area (Å²) in [4.78, 5) is 12.7. The molecule has 0 fully saturated rings. The zero-order valence-electron chi connectivity index (χ0n) is 8.99. The summed E-state index contributed by atoms with van der Waals surface area (Å²) in [6.45, 7) is 0.586. The second-order valence-electron chi connectivity index (χ2n) is 3.38. The Balaban J connectivity index is 3.44. The number of amides is 1. The van der Waals surface area contributed by atoms with Gasteiger partial charge in [0.1, 0.15) is 0 Å². The number of carbonyl (C=O) groups excluding carboxylic acids is 1. The molecule has 0 aliphatic heterocycles. The molecule has 2 N–H and O–H groups in total. The molecule has 0 saturated carbocycles. The Labute approximate surface area is 88.3 Å². The normalized spacial score (nSPS) is 12.5. The second-order valence-corrected chi connectivity index (χ2v) is 5.08. The Morgan fingerprint density at radius 2 is 1.86 bits per heavy atom. The van der Waals surface area contributed by atoms with E-state index in [4.69, 9.17) is 5.73 Å². The molecule has 4 nitrogen and oxygen atoms in total. The first-order chi connectivity index (χ1) is 6.57. The molecule has 14 heavy (non-hydrogen) atoms. The molecule has 0 aromatic rings. The van der Waals surface area contributed by atoms with E-state index in [1.54, 1.807) is 19.0 Å². The van der Waals surface area contributed by atoms with Gasteiger partial charge in [0.25, 0.3) is 0 Å². The molecule has 0 aliphatic rings. The molecule has 0 aromatic heterocycles. The lowest BCUT2D eigenvalue weighted by Gasteiger charge is -2.09. The van der Waals surface area contributed by atoms with Crippen molar-refractivity contribution in [1.29, 1.82) is 0 Å². The fourth-order valence-electron chi connectivity index (χ4n) is 0.954. The zero-order valence-corrected chi connectivity index (χ0v) is 9.81. The Morgan fingerprint density at radius 1 is 1.29 bits per heavy atom. The molecule has 0 heterocycles. The van der Waals surface area contributed by atoms with Crippen LogP contribution in [-0.2, 0) is 15.6 Å². The van der Waals surface area contributed by atoms with Crippen LogP contribution < -0.4 is 5.73 Å². The quantitative estimate of drug-likeness (QED) is 0.654. The van der Waals surface area contributed by atoms with Crippen molar-refractivity contribution in [2.75, 3.05) is 32.1 Å². The SMILES string of the molecule is CN(C)C(=O)CCCS(=O)CCCN. The summed E-state index contributed by atoms with van der Waals surface area (Å²) in [5.74, 6) is 1.37. The average Bonchev–Trinajstić information content (AvgIpc) is 2.14. The molecule has 0 rings (SSSR count). The second kappa shape index (κ2) is 7.94. The van der Waals surface area contributed by atoms with Gasteiger partial charge in [-0.15, -0.1) is 0 Å². The maximum absolute atomic E-state index is 11.3. The number of hydrogen-bond acceptors (Lipinski definition) is 3. The van der Waals surface area contributed by atoms with E-state index in [9.17, 15) is 9.00 Å². The van der Waals surface area contributed by atoms with Gasteiger partial charge in [0.15, 0.2) is 0 Å². The minimum absolute atomic E-state index is 0.0980. The van der Waals surface area contributed by atoms with Crippen LogP contribution in [-0.4, -0.2) is 47.2 Å². The molecule has 1 atom stereocenters. The van der Waals surface area contributed by atoms with Gasteiger partial charge in [0.2, 0.25) is 5.91 Å². The van der Waals surface area contributed by atoms with Gasteiger partial charge in [-0.2, -0.15) is 0 Å². The third kappa shape index (κ3) is 7.03. The summed E-state index contributed by atoms with van der Waals surface area (Å²) in [6.07, 6.45) is 1.99. The third-order valence-electron chi connectivity index (χ3n) is 1.84. The fourth-order valence-corrected chi connectivity index (χ4v) is 2.11. The van der Waals surface area contributed by atoms with Crippen molar-refractivity contribution in [3.63, 3.8) is 0 Å². The first-order valence-corrected chi connectivity index (χ1v) is 6.32. The van der Waals surface area contributed by atoms with E-state index < -0.39 is 10.8 Å². The molecule has 0 saturated heterocycles. The highest BCUT2D eigenvalue weighted by atomic mass is 32.2. The summed E-state index contributed by atoms with van der Waals surface area (Å²) >= 11 is 0. The summed E-state index contributed by atoms with van der Waals surface area (Å²) in [7, 11) is 2.66. The van der Waals surface area contributed by atoms with Crippen molar-refractivity contribution in [2.24, 2.45) is 5.73 Å². The maximum atomic E-state index is 11.3. The van der Waals surface area contributed by atoms with E-state index in [2.05, 4.69) is 0 Å². The van der Waals surface area contributed by atoms with Gasteiger partial charge >= 0.3 is 0 Å². The highest BCUT2D eigenvalue weighted by Gasteiger charge is 2.05. The number of rotatable bonds is 7. The highest BCUT2D eigenvalue weighted by Crippen LogP contribution is 1.97. The Morgan fingerprint density at radius 3 is 2.36 bits per heavy atom. The summed E-state index contributed by atoms with van der Waals surface area (Å²) in [5.41, 5.74) is 5.30. The van der Waals surface area contributed by atoms with E-state index in [-0.39, 0.29) is 5.91 Å². The Kier molecular flexibility index (Phi) is 7.70. The van der Waals surface area contributed by atoms with E-state index in [0.717, 1.165) is 6.42 Å². The van der Waals surface area contributed by atoms with Crippen molar-refractivity contribution in [3.05, 3.63) is 0 Å². The van der Waals surface area contributed by atoms with Gasteiger partial charge in [0, 0.05) is 42.8 Å². The first kappa shape index (κ1) is 13.6. The van der Waals surface area contributed by atoms with Crippen LogP contribution in [0.1, 0.15) is 19.3 Å². The van der Waals surface area contributed by atoms with Crippen LogP contribution >= 0.6 is 0 Å².